The number of nitrogens with zero attached hydrogens (tertiary/aromatic N) is 2. The standard InChI is InChI=1S/C19H24FN3O3S/c1-3-5-8-11-23(19(25)22-15-10-7-6-9-14(15)20)12-17-21-16(13-27-17)18(24)26-4-2/h6-7,9-10,13H,3-5,8,11-12H2,1-2H3,(H,22,25). The Morgan fingerprint density at radius 1 is 1.26 bits per heavy atom. The molecule has 146 valence electrons. The second-order valence-corrected chi connectivity index (χ2v) is 6.83. The van der Waals surface area contributed by atoms with E-state index in [9.17, 15) is 14.0 Å². The van der Waals surface area contributed by atoms with E-state index in [1.807, 2.05) is 0 Å². The molecule has 1 heterocycles. The molecule has 0 radical (unpaired) electrons. The largest absolute Gasteiger partial charge is 0.461 e. The van der Waals surface area contributed by atoms with Crippen molar-refractivity contribution in [3.8, 4) is 0 Å². The van der Waals surface area contributed by atoms with Gasteiger partial charge in [0.1, 0.15) is 10.8 Å². The second kappa shape index (κ2) is 10.6. The number of amides is 2. The molecule has 2 aromatic rings. The zero-order valence-electron chi connectivity index (χ0n) is 15.5. The summed E-state index contributed by atoms with van der Waals surface area (Å²) in [5.74, 6) is -0.966. The fourth-order valence-corrected chi connectivity index (χ4v) is 3.19. The number of aromatic nitrogens is 1. The number of rotatable bonds is 9. The van der Waals surface area contributed by atoms with Crippen molar-refractivity contribution in [1.29, 1.82) is 0 Å². The molecule has 27 heavy (non-hydrogen) atoms. The fraction of sp³-hybridized carbons (Fsp3) is 0.421. The van der Waals surface area contributed by atoms with Gasteiger partial charge in [0, 0.05) is 11.9 Å². The molecule has 0 atom stereocenters. The van der Waals surface area contributed by atoms with Gasteiger partial charge in [-0.15, -0.1) is 11.3 Å². The smallest absolute Gasteiger partial charge is 0.357 e. The highest BCUT2D eigenvalue weighted by atomic mass is 32.1. The van der Waals surface area contributed by atoms with Crippen LogP contribution in [0.5, 0.6) is 0 Å². The molecule has 1 aromatic carbocycles. The van der Waals surface area contributed by atoms with Crippen molar-refractivity contribution in [2.45, 2.75) is 39.7 Å². The first kappa shape index (κ1) is 20.8. The van der Waals surface area contributed by atoms with Gasteiger partial charge in [0.15, 0.2) is 5.69 Å². The summed E-state index contributed by atoms with van der Waals surface area (Å²) in [5, 5.41) is 4.85. The van der Waals surface area contributed by atoms with E-state index in [-0.39, 0.29) is 24.5 Å². The van der Waals surface area contributed by atoms with Crippen molar-refractivity contribution in [2.24, 2.45) is 0 Å². The van der Waals surface area contributed by atoms with Crippen LogP contribution in [-0.2, 0) is 11.3 Å². The molecule has 0 aliphatic heterocycles. The van der Waals surface area contributed by atoms with Crippen molar-refractivity contribution < 1.29 is 18.7 Å². The number of ether oxygens (including phenoxy) is 1. The third-order valence-electron chi connectivity index (χ3n) is 3.80. The molecular weight excluding hydrogens is 369 g/mol. The topological polar surface area (TPSA) is 71.5 Å². The van der Waals surface area contributed by atoms with Crippen LogP contribution >= 0.6 is 11.3 Å². The van der Waals surface area contributed by atoms with E-state index in [0.717, 1.165) is 19.3 Å². The fourth-order valence-electron chi connectivity index (χ4n) is 2.41. The first-order chi connectivity index (χ1) is 13.0. The van der Waals surface area contributed by atoms with Crippen molar-refractivity contribution >= 4 is 29.0 Å². The Bertz CT molecular complexity index is 766. The maximum atomic E-state index is 13.8. The number of hydrogen-bond acceptors (Lipinski definition) is 5. The average molecular weight is 393 g/mol. The van der Waals surface area contributed by atoms with Gasteiger partial charge in [0.25, 0.3) is 0 Å². The Morgan fingerprint density at radius 3 is 2.74 bits per heavy atom. The molecular formula is C19H24FN3O3S. The predicted octanol–water partition coefficient (Wildman–Crippen LogP) is 4.68. The van der Waals surface area contributed by atoms with Crippen LogP contribution in [0.3, 0.4) is 0 Å². The molecule has 2 amide bonds. The van der Waals surface area contributed by atoms with Crippen LogP contribution in [0.1, 0.15) is 48.6 Å². The maximum absolute atomic E-state index is 13.8. The van der Waals surface area contributed by atoms with E-state index < -0.39 is 17.8 Å². The highest BCUT2D eigenvalue weighted by Crippen LogP contribution is 2.17. The van der Waals surface area contributed by atoms with Gasteiger partial charge >= 0.3 is 12.0 Å². The summed E-state index contributed by atoms with van der Waals surface area (Å²) < 4.78 is 18.8. The third-order valence-corrected chi connectivity index (χ3v) is 4.63. The number of esters is 1. The number of halogens is 1. The lowest BCUT2D eigenvalue weighted by Crippen LogP contribution is -2.35. The van der Waals surface area contributed by atoms with Crippen molar-refractivity contribution in [3.05, 3.63) is 46.2 Å². The number of benzene rings is 1. The van der Waals surface area contributed by atoms with Crippen molar-refractivity contribution in [3.63, 3.8) is 0 Å². The number of nitrogens with one attached hydrogen (secondary N) is 1. The highest BCUT2D eigenvalue weighted by Gasteiger charge is 2.18. The Balaban J connectivity index is 2.08. The average Bonchev–Trinajstić information content (AvgIpc) is 3.12. The Hall–Kier alpha value is -2.48. The molecule has 0 bridgehead atoms. The number of hydrogen-bond donors (Lipinski definition) is 1. The van der Waals surface area contributed by atoms with Gasteiger partial charge in [-0.1, -0.05) is 31.9 Å². The van der Waals surface area contributed by atoms with Gasteiger partial charge < -0.3 is 15.0 Å². The Morgan fingerprint density at radius 2 is 2.04 bits per heavy atom. The zero-order chi connectivity index (χ0) is 19.6. The third kappa shape index (κ3) is 6.32. The Kier molecular flexibility index (Phi) is 8.19. The molecule has 0 aliphatic carbocycles. The van der Waals surface area contributed by atoms with Crippen molar-refractivity contribution in [2.75, 3.05) is 18.5 Å². The summed E-state index contributed by atoms with van der Waals surface area (Å²) in [6.45, 7) is 4.85. The van der Waals surface area contributed by atoms with E-state index in [2.05, 4.69) is 17.2 Å². The second-order valence-electron chi connectivity index (χ2n) is 5.89. The number of urea groups is 1. The van der Waals surface area contributed by atoms with Gasteiger partial charge in [0.2, 0.25) is 0 Å². The van der Waals surface area contributed by atoms with Crippen LogP contribution in [0.4, 0.5) is 14.9 Å². The summed E-state index contributed by atoms with van der Waals surface area (Å²) in [7, 11) is 0. The van der Waals surface area contributed by atoms with Crippen LogP contribution in [-0.4, -0.2) is 35.0 Å². The molecule has 2 rings (SSSR count). The molecule has 0 aliphatic rings. The van der Waals surface area contributed by atoms with E-state index in [0.29, 0.717) is 11.6 Å². The minimum absolute atomic E-state index is 0.134. The van der Waals surface area contributed by atoms with Crippen LogP contribution in [0, 0.1) is 5.82 Å². The first-order valence-corrected chi connectivity index (χ1v) is 9.85. The van der Waals surface area contributed by atoms with Crippen LogP contribution < -0.4 is 5.32 Å². The first-order valence-electron chi connectivity index (χ1n) is 8.97. The molecule has 0 fully saturated rings. The van der Waals surface area contributed by atoms with E-state index in [4.69, 9.17) is 4.74 Å². The maximum Gasteiger partial charge on any atom is 0.357 e. The predicted molar refractivity (Wildman–Crippen MR) is 103 cm³/mol. The van der Waals surface area contributed by atoms with Crippen LogP contribution in [0.25, 0.3) is 0 Å². The van der Waals surface area contributed by atoms with Gasteiger partial charge in [-0.05, 0) is 25.5 Å². The molecule has 0 saturated heterocycles. The molecule has 1 aromatic heterocycles. The van der Waals surface area contributed by atoms with Crippen LogP contribution in [0.15, 0.2) is 29.6 Å². The van der Waals surface area contributed by atoms with Crippen LogP contribution in [0.2, 0.25) is 0 Å². The minimum atomic E-state index is -0.488. The van der Waals surface area contributed by atoms with E-state index in [1.54, 1.807) is 29.3 Å². The molecule has 8 heteroatoms. The van der Waals surface area contributed by atoms with Gasteiger partial charge in [-0.2, -0.15) is 0 Å². The molecule has 1 N–H and O–H groups in total. The monoisotopic (exact) mass is 393 g/mol. The molecule has 0 saturated carbocycles. The van der Waals surface area contributed by atoms with E-state index >= 15 is 0 Å². The number of thiazole rings is 1. The number of para-hydroxylation sites is 1. The normalized spacial score (nSPS) is 10.5. The molecule has 0 unspecified atom stereocenters. The highest BCUT2D eigenvalue weighted by molar-refractivity contribution is 7.09. The zero-order valence-corrected chi connectivity index (χ0v) is 16.4. The number of carbonyl (C=O) groups excluding carboxylic acids is 2. The van der Waals surface area contributed by atoms with Gasteiger partial charge in [-0.25, -0.2) is 19.0 Å². The van der Waals surface area contributed by atoms with E-state index in [1.165, 1.54) is 23.5 Å². The SMILES string of the molecule is CCCCCN(Cc1nc(C(=O)OCC)cs1)C(=O)Nc1ccccc1F. The summed E-state index contributed by atoms with van der Waals surface area (Å²) in [6, 6.07) is 5.63. The summed E-state index contributed by atoms with van der Waals surface area (Å²) >= 11 is 1.29. The molecule has 6 nitrogen and oxygen atoms in total. The summed E-state index contributed by atoms with van der Waals surface area (Å²) in [4.78, 5) is 30.2. The van der Waals surface area contributed by atoms with Crippen molar-refractivity contribution in [1.82, 2.24) is 9.88 Å². The quantitative estimate of drug-likeness (QED) is 0.496. The lowest BCUT2D eigenvalue weighted by atomic mass is 10.2. The Labute approximate surface area is 162 Å². The lowest BCUT2D eigenvalue weighted by Gasteiger charge is -2.22. The number of anilines is 1. The summed E-state index contributed by atoms with van der Waals surface area (Å²) in [6.07, 6.45) is 2.83. The summed E-state index contributed by atoms with van der Waals surface area (Å²) in [5.41, 5.74) is 0.370. The van der Waals surface area contributed by atoms with Gasteiger partial charge in [-0.3, -0.25) is 0 Å². The minimum Gasteiger partial charge on any atom is -0.461 e. The lowest BCUT2D eigenvalue weighted by molar-refractivity contribution is 0.0520. The molecule has 0 spiro atoms. The number of unbranched alkanes of at least 4 members (excludes halogenated alkanes) is 2. The number of carbonyl (C=O) groups is 2. The van der Waals surface area contributed by atoms with Gasteiger partial charge in [0.05, 0.1) is 18.8 Å².